The van der Waals surface area contributed by atoms with Crippen molar-refractivity contribution >= 4 is 88.7 Å². The number of nitrogens with zero attached hydrogens (tertiary/aromatic N) is 2. The number of carbonyl (C=O) groups is 13. The van der Waals surface area contributed by atoms with E-state index in [4.69, 9.17) is 45.9 Å². The SMILES string of the molecule is C[C@H](NC(=O)CNC(=O)[C@@H](NC(=O)[C@H](Cc1ccccc1)NC(=O)CNC(=O)CNC(=O)[C@@H](N)Cc1ccccc1)[C@@H](C)O)C(=O)N[C@@H](CCCN=C(N)N)C(=O)N[C@@H](CCCCN)C(=O)N[C@@H](CO)C(=O)NC(C)(C)C(=O)N[C@@H](CCCN=C(N)N)C(=O)N[C@@H](CCCCN)C(N)=O. The third-order valence-electron chi connectivity index (χ3n) is 14.8. The fourth-order valence-electron chi connectivity index (χ4n) is 9.28. The van der Waals surface area contributed by atoms with Crippen molar-refractivity contribution in [2.24, 2.45) is 55.9 Å². The van der Waals surface area contributed by atoms with Crippen LogP contribution in [-0.4, -0.2) is 217 Å². The molecule has 10 atom stereocenters. The summed E-state index contributed by atoms with van der Waals surface area (Å²) in [5.41, 5.74) is 44.2. The lowest BCUT2D eigenvalue weighted by atomic mass is 10.0. The first-order chi connectivity index (χ1) is 46.8. The van der Waals surface area contributed by atoms with Gasteiger partial charge in [0.2, 0.25) is 76.8 Å². The van der Waals surface area contributed by atoms with Gasteiger partial charge in [-0.2, -0.15) is 0 Å². The van der Waals surface area contributed by atoms with E-state index in [9.17, 15) is 72.5 Å². The highest BCUT2D eigenvalue weighted by Crippen LogP contribution is 2.12. The number of amides is 13. The Bertz CT molecular complexity index is 3040. The second-order valence-electron chi connectivity index (χ2n) is 23.8. The average molecular weight is 1400 g/mol. The predicted molar refractivity (Wildman–Crippen MR) is 364 cm³/mol. The molecule has 2 aromatic rings. The zero-order valence-corrected chi connectivity index (χ0v) is 56.4. The highest BCUT2D eigenvalue weighted by molar-refractivity contribution is 6.00. The monoisotopic (exact) mass is 1390 g/mol. The van der Waals surface area contributed by atoms with Crippen LogP contribution in [0.3, 0.4) is 0 Å². The molecular formula is C62H102N22O15. The molecule has 2 rings (SSSR count). The van der Waals surface area contributed by atoms with E-state index in [-0.39, 0.29) is 89.3 Å². The summed E-state index contributed by atoms with van der Waals surface area (Å²) in [6, 6.07) is 4.77. The molecule has 99 heavy (non-hydrogen) atoms. The first-order valence-corrected chi connectivity index (χ1v) is 32.3. The number of hydrogen-bond donors (Lipinski definition) is 22. The molecule has 30 N–H and O–H groups in total. The van der Waals surface area contributed by atoms with Crippen LogP contribution in [0.15, 0.2) is 70.6 Å². The quantitative estimate of drug-likeness (QED) is 0.0166. The lowest BCUT2D eigenvalue weighted by molar-refractivity contribution is -0.138. The zero-order valence-electron chi connectivity index (χ0n) is 56.4. The summed E-state index contributed by atoms with van der Waals surface area (Å²) in [4.78, 5) is 182. The average Bonchev–Trinajstić information content (AvgIpc) is 0.849. The van der Waals surface area contributed by atoms with Crippen LogP contribution in [-0.2, 0) is 75.2 Å². The van der Waals surface area contributed by atoms with Crippen LogP contribution in [0.1, 0.15) is 103 Å². The first-order valence-electron chi connectivity index (χ1n) is 32.3. The fourth-order valence-corrected chi connectivity index (χ4v) is 9.28. The third-order valence-corrected chi connectivity index (χ3v) is 14.8. The molecule has 0 bridgehead atoms. The number of rotatable bonds is 47. The van der Waals surface area contributed by atoms with Gasteiger partial charge in [-0.15, -0.1) is 0 Å². The molecule has 0 heterocycles. The molecule has 37 nitrogen and oxygen atoms in total. The van der Waals surface area contributed by atoms with Crippen LogP contribution >= 0.6 is 0 Å². The molecule has 0 saturated heterocycles. The Balaban J connectivity index is 2.20. The van der Waals surface area contributed by atoms with E-state index in [1.165, 1.54) is 27.7 Å². The molecule has 0 radical (unpaired) electrons. The highest BCUT2D eigenvalue weighted by atomic mass is 16.3. The molecule has 2 aromatic carbocycles. The molecule has 0 fully saturated rings. The maximum atomic E-state index is 14.2. The Hall–Kier alpha value is -10.1. The Morgan fingerprint density at radius 3 is 1.37 bits per heavy atom. The van der Waals surface area contributed by atoms with Crippen molar-refractivity contribution < 1.29 is 72.5 Å². The molecule has 0 aliphatic carbocycles. The van der Waals surface area contributed by atoms with Crippen LogP contribution in [0.25, 0.3) is 0 Å². The molecular weight excluding hydrogens is 1290 g/mol. The van der Waals surface area contributed by atoms with Crippen LogP contribution in [0, 0.1) is 0 Å². The number of hydrogen-bond acceptors (Lipinski definition) is 20. The molecule has 0 aliphatic rings. The Morgan fingerprint density at radius 1 is 0.455 bits per heavy atom. The molecule has 0 unspecified atom stereocenters. The normalized spacial score (nSPS) is 14.0. The molecule has 37 heteroatoms. The van der Waals surface area contributed by atoms with E-state index < -0.39 is 169 Å². The van der Waals surface area contributed by atoms with E-state index in [2.05, 4.69) is 73.8 Å². The smallest absolute Gasteiger partial charge is 0.245 e. The molecule has 0 aliphatic heterocycles. The molecule has 0 spiro atoms. The number of nitrogens with one attached hydrogen (secondary N) is 12. The second kappa shape index (κ2) is 45.4. The van der Waals surface area contributed by atoms with Gasteiger partial charge in [-0.05, 0) is 123 Å². The summed E-state index contributed by atoms with van der Waals surface area (Å²) in [6.45, 7) is 2.49. The van der Waals surface area contributed by atoms with Gasteiger partial charge in [0.25, 0.3) is 0 Å². The largest absolute Gasteiger partial charge is 0.394 e. The van der Waals surface area contributed by atoms with Gasteiger partial charge in [-0.1, -0.05) is 60.7 Å². The molecule has 0 saturated carbocycles. The number of aliphatic imine (C=N–C) groups is 2. The van der Waals surface area contributed by atoms with Crippen molar-refractivity contribution in [3.05, 3.63) is 71.8 Å². The Labute approximate surface area is 574 Å². The number of carbonyl (C=O) groups excluding carboxylic acids is 13. The van der Waals surface area contributed by atoms with Crippen molar-refractivity contribution in [1.82, 2.24) is 63.8 Å². The molecule has 550 valence electrons. The van der Waals surface area contributed by atoms with Crippen molar-refractivity contribution in [1.29, 1.82) is 0 Å². The summed E-state index contributed by atoms with van der Waals surface area (Å²) >= 11 is 0. The van der Waals surface area contributed by atoms with Gasteiger partial charge < -0.3 is 120 Å². The number of unbranched alkanes of at least 4 members (excludes halogenated alkanes) is 2. The maximum Gasteiger partial charge on any atom is 0.245 e. The summed E-state index contributed by atoms with van der Waals surface area (Å²) in [6.07, 6.45) is 0.191. The van der Waals surface area contributed by atoms with Crippen molar-refractivity contribution in [3.8, 4) is 0 Å². The van der Waals surface area contributed by atoms with E-state index in [0.717, 1.165) is 5.56 Å². The molecule has 0 aromatic heterocycles. The van der Waals surface area contributed by atoms with E-state index in [0.29, 0.717) is 31.4 Å². The van der Waals surface area contributed by atoms with Gasteiger partial charge in [-0.25, -0.2) is 0 Å². The number of benzene rings is 2. The van der Waals surface area contributed by atoms with E-state index >= 15 is 0 Å². The minimum absolute atomic E-state index is 0.0270. The van der Waals surface area contributed by atoms with Crippen LogP contribution in [0.2, 0.25) is 0 Å². The van der Waals surface area contributed by atoms with Gasteiger partial charge in [0.15, 0.2) is 11.9 Å². The van der Waals surface area contributed by atoms with Crippen molar-refractivity contribution in [3.63, 3.8) is 0 Å². The van der Waals surface area contributed by atoms with Crippen molar-refractivity contribution in [2.45, 2.75) is 171 Å². The maximum absolute atomic E-state index is 14.2. The standard InChI is InChI=1S/C62H102N22O15/c1-35(76-47(88)33-75-58(98)49(36(2)86)83-56(96)44(30-38-19-9-6-10-20-38)77-48(89)32-73-46(87)31-74-52(92)39(65)29-37-17-7-5-8-18-37)51(91)79-42(23-15-27-71-60(67)68)53(93)80-41(22-12-14-26-64)54(94)81-45(34-85)57(97)84-62(3,4)59(99)82-43(24-16-28-72-61(69)70)55(95)78-40(50(66)90)21-11-13-25-63/h5-10,17-20,35-36,39-45,49,85-86H,11-16,21-34,63-65H2,1-4H3,(H2,66,90)(H,73,87)(H,74,92)(H,75,98)(H,76,88)(H,77,89)(H,78,95)(H,79,91)(H,80,93)(H,81,94)(H,82,99)(H,83,96)(H,84,97)(H4,67,68,71)(H4,69,70,72)/t35-,36+,39-,40-,41-,42-,43-,44-,45-,49-/m0/s1. The topological polar surface area (TPSA) is 640 Å². The lowest BCUT2D eigenvalue weighted by Crippen LogP contribution is -2.63. The number of nitrogens with two attached hydrogens (primary N) is 8. The van der Waals surface area contributed by atoms with Crippen LogP contribution < -0.4 is 110 Å². The number of primary amides is 1. The van der Waals surface area contributed by atoms with Gasteiger partial charge in [-0.3, -0.25) is 72.3 Å². The third kappa shape index (κ3) is 34.1. The van der Waals surface area contributed by atoms with Gasteiger partial charge >= 0.3 is 0 Å². The lowest BCUT2D eigenvalue weighted by Gasteiger charge is -2.30. The Kier molecular flexibility index (Phi) is 39.0. The van der Waals surface area contributed by atoms with Crippen LogP contribution in [0.5, 0.6) is 0 Å². The minimum Gasteiger partial charge on any atom is -0.394 e. The number of guanidine groups is 2. The highest BCUT2D eigenvalue weighted by Gasteiger charge is 2.38. The van der Waals surface area contributed by atoms with Gasteiger partial charge in [0.1, 0.15) is 53.9 Å². The first kappa shape index (κ1) is 85.0. The zero-order chi connectivity index (χ0) is 74.2. The fraction of sp³-hybridized carbons (Fsp3) is 0.565. The number of aliphatic hydroxyl groups excluding tert-OH is 2. The summed E-state index contributed by atoms with van der Waals surface area (Å²) in [7, 11) is 0. The summed E-state index contributed by atoms with van der Waals surface area (Å²) in [5, 5.41) is 50.3. The number of aliphatic hydroxyl groups is 2. The molecule has 13 amide bonds. The predicted octanol–water partition coefficient (Wildman–Crippen LogP) is -8.84. The van der Waals surface area contributed by atoms with Crippen LogP contribution in [0.4, 0.5) is 0 Å². The Morgan fingerprint density at radius 2 is 0.879 bits per heavy atom. The van der Waals surface area contributed by atoms with Crippen molar-refractivity contribution in [2.75, 3.05) is 52.4 Å². The summed E-state index contributed by atoms with van der Waals surface area (Å²) < 4.78 is 0. The van der Waals surface area contributed by atoms with E-state index in [1.54, 1.807) is 60.7 Å². The van der Waals surface area contributed by atoms with E-state index in [1.807, 2.05) is 0 Å². The second-order valence-corrected chi connectivity index (χ2v) is 23.8. The van der Waals surface area contributed by atoms with Gasteiger partial charge in [0.05, 0.1) is 38.4 Å². The summed E-state index contributed by atoms with van der Waals surface area (Å²) in [5.74, 6) is -12.2. The van der Waals surface area contributed by atoms with Gasteiger partial charge in [0, 0.05) is 19.5 Å². The minimum atomic E-state index is -1.85.